The number of para-hydroxylation sites is 1. The number of hydrogen-bond donors (Lipinski definition) is 0. The van der Waals surface area contributed by atoms with Crippen molar-refractivity contribution < 1.29 is 14.0 Å². The van der Waals surface area contributed by atoms with Gasteiger partial charge in [0, 0.05) is 37.5 Å². The van der Waals surface area contributed by atoms with Crippen molar-refractivity contribution in [2.45, 2.75) is 52.5 Å². The average Bonchev–Trinajstić information content (AvgIpc) is 3.10. The van der Waals surface area contributed by atoms with Gasteiger partial charge in [-0.3, -0.25) is 9.59 Å². The molecule has 0 N–H and O–H groups in total. The number of aryl methyl sites for hydroxylation is 1. The summed E-state index contributed by atoms with van der Waals surface area (Å²) in [5.74, 6) is 0.678. The van der Waals surface area contributed by atoms with Crippen LogP contribution in [0.4, 0.5) is 0 Å². The first-order valence-corrected chi connectivity index (χ1v) is 9.96. The average molecular weight is 368 g/mol. The predicted molar refractivity (Wildman–Crippen MR) is 105 cm³/mol. The third-order valence-electron chi connectivity index (χ3n) is 6.38. The van der Waals surface area contributed by atoms with Gasteiger partial charge in [-0.15, -0.1) is 0 Å². The van der Waals surface area contributed by atoms with Gasteiger partial charge in [0.1, 0.15) is 5.58 Å². The largest absolute Gasteiger partial charge is 0.451 e. The van der Waals surface area contributed by atoms with Gasteiger partial charge in [0.2, 0.25) is 5.91 Å². The first-order valence-electron chi connectivity index (χ1n) is 9.96. The van der Waals surface area contributed by atoms with E-state index in [-0.39, 0.29) is 23.3 Å². The fraction of sp³-hybridized carbons (Fsp3) is 0.545. The molecule has 5 heteroatoms. The Balaban J connectivity index is 1.46. The highest BCUT2D eigenvalue weighted by Crippen LogP contribution is 2.41. The maximum Gasteiger partial charge on any atom is 0.289 e. The second-order valence-corrected chi connectivity index (χ2v) is 8.51. The molecule has 1 aromatic carbocycles. The lowest BCUT2D eigenvalue weighted by atomic mass is 9.72. The smallest absolute Gasteiger partial charge is 0.289 e. The molecule has 1 spiro atoms. The summed E-state index contributed by atoms with van der Waals surface area (Å²) in [5.41, 5.74) is 2.01. The molecule has 2 aliphatic heterocycles. The van der Waals surface area contributed by atoms with E-state index in [1.165, 1.54) is 0 Å². The molecule has 27 heavy (non-hydrogen) atoms. The van der Waals surface area contributed by atoms with Crippen LogP contribution in [0.1, 0.15) is 55.6 Å². The summed E-state index contributed by atoms with van der Waals surface area (Å²) < 4.78 is 5.87. The van der Waals surface area contributed by atoms with Gasteiger partial charge in [-0.2, -0.15) is 0 Å². The minimum atomic E-state index is -0.0203. The van der Waals surface area contributed by atoms with E-state index in [1.807, 2.05) is 41.0 Å². The summed E-state index contributed by atoms with van der Waals surface area (Å²) in [6, 6.07) is 8.06. The number of hydrogen-bond acceptors (Lipinski definition) is 3. The molecule has 3 heterocycles. The number of carbonyl (C=O) groups is 2. The minimum absolute atomic E-state index is 0.0203. The van der Waals surface area contributed by atoms with Crippen LogP contribution >= 0.6 is 0 Å². The minimum Gasteiger partial charge on any atom is -0.451 e. The van der Waals surface area contributed by atoms with E-state index in [2.05, 4.69) is 13.8 Å². The number of benzene rings is 1. The zero-order valence-corrected chi connectivity index (χ0v) is 16.5. The number of amides is 2. The summed E-state index contributed by atoms with van der Waals surface area (Å²) in [6.45, 7) is 8.45. The highest BCUT2D eigenvalue weighted by molar-refractivity contribution is 5.96. The van der Waals surface area contributed by atoms with Crippen LogP contribution in [0.25, 0.3) is 11.0 Å². The summed E-state index contributed by atoms with van der Waals surface area (Å²) >= 11 is 0. The molecule has 0 radical (unpaired) electrons. The second-order valence-electron chi connectivity index (χ2n) is 8.51. The van der Waals surface area contributed by atoms with Gasteiger partial charge >= 0.3 is 0 Å². The van der Waals surface area contributed by atoms with Crippen molar-refractivity contribution in [2.75, 3.05) is 19.6 Å². The van der Waals surface area contributed by atoms with Gasteiger partial charge in [-0.1, -0.05) is 18.2 Å². The van der Waals surface area contributed by atoms with Crippen LogP contribution in [0.2, 0.25) is 0 Å². The van der Waals surface area contributed by atoms with Crippen molar-refractivity contribution >= 4 is 22.8 Å². The molecule has 2 aliphatic rings. The van der Waals surface area contributed by atoms with E-state index >= 15 is 0 Å². The van der Waals surface area contributed by atoms with Crippen molar-refractivity contribution in [3.8, 4) is 0 Å². The molecule has 0 unspecified atom stereocenters. The van der Waals surface area contributed by atoms with E-state index in [9.17, 15) is 9.59 Å². The van der Waals surface area contributed by atoms with Gasteiger partial charge in [-0.25, -0.2) is 0 Å². The lowest BCUT2D eigenvalue weighted by Gasteiger charge is -2.48. The topological polar surface area (TPSA) is 53.8 Å². The second kappa shape index (κ2) is 6.70. The van der Waals surface area contributed by atoms with Crippen LogP contribution < -0.4 is 0 Å². The van der Waals surface area contributed by atoms with Crippen LogP contribution in [-0.2, 0) is 4.79 Å². The van der Waals surface area contributed by atoms with Crippen molar-refractivity contribution in [1.82, 2.24) is 9.80 Å². The number of likely N-dealkylation sites (tertiary alicyclic amines) is 2. The van der Waals surface area contributed by atoms with E-state index < -0.39 is 0 Å². The summed E-state index contributed by atoms with van der Waals surface area (Å²) in [7, 11) is 0. The van der Waals surface area contributed by atoms with Gasteiger partial charge < -0.3 is 14.2 Å². The van der Waals surface area contributed by atoms with Crippen molar-refractivity contribution in [3.63, 3.8) is 0 Å². The Labute approximate surface area is 160 Å². The normalized spacial score (nSPS) is 20.1. The zero-order chi connectivity index (χ0) is 19.2. The van der Waals surface area contributed by atoms with Gasteiger partial charge in [0.05, 0.1) is 0 Å². The number of furan rings is 1. The Kier molecular flexibility index (Phi) is 4.49. The molecule has 144 valence electrons. The van der Waals surface area contributed by atoms with Crippen LogP contribution in [0.15, 0.2) is 28.7 Å². The molecule has 4 rings (SSSR count). The molecular weight excluding hydrogens is 340 g/mol. The first kappa shape index (κ1) is 18.1. The lowest BCUT2D eigenvalue weighted by molar-refractivity contribution is -0.141. The highest BCUT2D eigenvalue weighted by Gasteiger charge is 2.42. The summed E-state index contributed by atoms with van der Waals surface area (Å²) in [6.07, 6.45) is 3.49. The Bertz CT molecular complexity index is 875. The Morgan fingerprint density at radius 3 is 2.59 bits per heavy atom. The number of rotatable bonds is 2. The number of nitrogens with zero attached hydrogens (tertiary/aromatic N) is 2. The molecule has 2 aromatic rings. The van der Waals surface area contributed by atoms with E-state index in [0.29, 0.717) is 12.2 Å². The van der Waals surface area contributed by atoms with E-state index in [4.69, 9.17) is 4.42 Å². The fourth-order valence-corrected chi connectivity index (χ4v) is 4.58. The summed E-state index contributed by atoms with van der Waals surface area (Å²) in [5, 5.41) is 0.977. The highest BCUT2D eigenvalue weighted by atomic mass is 16.3. The van der Waals surface area contributed by atoms with Crippen molar-refractivity contribution in [1.29, 1.82) is 0 Å². The zero-order valence-electron chi connectivity index (χ0n) is 16.5. The maximum atomic E-state index is 12.9. The Hall–Kier alpha value is -2.30. The first-order chi connectivity index (χ1) is 12.9. The third kappa shape index (κ3) is 3.24. The molecule has 1 aromatic heterocycles. The van der Waals surface area contributed by atoms with E-state index in [0.717, 1.165) is 55.4 Å². The molecule has 2 fully saturated rings. The van der Waals surface area contributed by atoms with Crippen LogP contribution in [0, 0.1) is 12.3 Å². The number of fused-ring (bicyclic) bond motifs is 1. The number of carbonyl (C=O) groups excluding carboxylic acids is 2. The predicted octanol–water partition coefficient (Wildman–Crippen LogP) is 3.99. The molecule has 0 aliphatic carbocycles. The SMILES string of the molecule is Cc1cccc2cc(C(=O)N3CCC4(CCC(=O)N(C(C)C)C4)CC3)oc12. The molecular formula is C22H28N2O3. The molecule has 0 atom stereocenters. The summed E-state index contributed by atoms with van der Waals surface area (Å²) in [4.78, 5) is 29.1. The fourth-order valence-electron chi connectivity index (χ4n) is 4.58. The monoisotopic (exact) mass is 368 g/mol. The van der Waals surface area contributed by atoms with E-state index in [1.54, 1.807) is 0 Å². The van der Waals surface area contributed by atoms with Crippen LogP contribution in [0.3, 0.4) is 0 Å². The standard InChI is InChI=1S/C22H28N2O3/c1-15(2)24-14-22(8-7-19(24)25)9-11-23(12-10-22)21(26)18-13-17-6-4-5-16(3)20(17)27-18/h4-6,13,15H,7-12,14H2,1-3H3. The molecule has 0 bridgehead atoms. The molecule has 2 amide bonds. The van der Waals surface area contributed by atoms with Gasteiger partial charge in [-0.05, 0) is 57.1 Å². The molecule has 5 nitrogen and oxygen atoms in total. The van der Waals surface area contributed by atoms with Gasteiger partial charge in [0.25, 0.3) is 5.91 Å². The third-order valence-corrected chi connectivity index (χ3v) is 6.38. The molecule has 0 saturated carbocycles. The Morgan fingerprint density at radius 1 is 1.19 bits per heavy atom. The quantitative estimate of drug-likeness (QED) is 0.805. The van der Waals surface area contributed by atoms with Crippen LogP contribution in [0.5, 0.6) is 0 Å². The maximum absolute atomic E-state index is 12.9. The Morgan fingerprint density at radius 2 is 1.93 bits per heavy atom. The van der Waals surface area contributed by atoms with Crippen LogP contribution in [-0.4, -0.2) is 47.3 Å². The van der Waals surface area contributed by atoms with Crippen molar-refractivity contribution in [3.05, 3.63) is 35.6 Å². The van der Waals surface area contributed by atoms with Gasteiger partial charge in [0.15, 0.2) is 5.76 Å². The molecule has 2 saturated heterocycles. The van der Waals surface area contributed by atoms with Crippen molar-refractivity contribution in [2.24, 2.45) is 5.41 Å². The number of piperidine rings is 2. The lowest BCUT2D eigenvalue weighted by Crippen LogP contribution is -2.54.